The van der Waals surface area contributed by atoms with Crippen LogP contribution in [0.25, 0.3) is 0 Å². The van der Waals surface area contributed by atoms with Gasteiger partial charge in [0, 0.05) is 18.8 Å². The fourth-order valence-electron chi connectivity index (χ4n) is 2.37. The molecule has 2 aromatic rings. The Bertz CT molecular complexity index is 545. The molecule has 0 unspecified atom stereocenters. The van der Waals surface area contributed by atoms with Crippen LogP contribution >= 0.6 is 0 Å². The van der Waals surface area contributed by atoms with Gasteiger partial charge in [-0.25, -0.2) is 4.68 Å². The normalized spacial score (nSPS) is 10.8. The van der Waals surface area contributed by atoms with E-state index >= 15 is 0 Å². The molecule has 0 saturated carbocycles. The van der Waals surface area contributed by atoms with Crippen LogP contribution in [0.5, 0.6) is 0 Å². The summed E-state index contributed by atoms with van der Waals surface area (Å²) in [4.78, 5) is 2.28. The molecule has 20 heavy (non-hydrogen) atoms. The van der Waals surface area contributed by atoms with Crippen LogP contribution < -0.4 is 10.6 Å². The van der Waals surface area contributed by atoms with Gasteiger partial charge in [0.25, 0.3) is 0 Å². The summed E-state index contributed by atoms with van der Waals surface area (Å²) in [5.74, 6) is 1.02. The minimum absolute atomic E-state index is 0.784. The lowest BCUT2D eigenvalue weighted by molar-refractivity contribution is 0.641. The van der Waals surface area contributed by atoms with Gasteiger partial charge in [-0.1, -0.05) is 31.5 Å². The molecular formula is C16H24N4. The summed E-state index contributed by atoms with van der Waals surface area (Å²) in [6.45, 7) is 8.04. The largest absolute Gasteiger partial charge is 0.394 e. The molecule has 0 aliphatic carbocycles. The highest BCUT2D eigenvalue weighted by Gasteiger charge is 2.19. The lowest BCUT2D eigenvalue weighted by atomic mass is 10.2. The van der Waals surface area contributed by atoms with Gasteiger partial charge in [0.1, 0.15) is 0 Å². The number of rotatable bonds is 6. The third-order valence-electron chi connectivity index (χ3n) is 3.50. The smallest absolute Gasteiger partial charge is 0.155 e. The molecule has 0 atom stereocenters. The summed E-state index contributed by atoms with van der Waals surface area (Å²) in [5, 5.41) is 4.53. The summed E-state index contributed by atoms with van der Waals surface area (Å²) < 4.78 is 1.99. The monoisotopic (exact) mass is 272 g/mol. The molecule has 2 rings (SSSR count). The highest BCUT2D eigenvalue weighted by Crippen LogP contribution is 2.32. The van der Waals surface area contributed by atoms with Crippen molar-refractivity contribution >= 4 is 17.2 Å². The van der Waals surface area contributed by atoms with Crippen LogP contribution in [0.3, 0.4) is 0 Å². The summed E-state index contributed by atoms with van der Waals surface area (Å²) in [5.41, 5.74) is 9.12. The summed E-state index contributed by atoms with van der Waals surface area (Å²) in [7, 11) is 0. The molecule has 1 heterocycles. The van der Waals surface area contributed by atoms with E-state index in [1.54, 1.807) is 0 Å². The lowest BCUT2D eigenvalue weighted by Crippen LogP contribution is -2.22. The number of nitrogens with zero attached hydrogens (tertiary/aromatic N) is 3. The second-order valence-corrected chi connectivity index (χ2v) is 4.98. The molecule has 0 aliphatic rings. The maximum Gasteiger partial charge on any atom is 0.155 e. The predicted molar refractivity (Wildman–Crippen MR) is 85.4 cm³/mol. The molecule has 4 nitrogen and oxygen atoms in total. The van der Waals surface area contributed by atoms with Gasteiger partial charge in [0.2, 0.25) is 0 Å². The number of hydrogen-bond acceptors (Lipinski definition) is 3. The van der Waals surface area contributed by atoms with Crippen LogP contribution in [-0.4, -0.2) is 16.3 Å². The molecular weight excluding hydrogens is 248 g/mol. The number of para-hydroxylation sites is 1. The first-order chi connectivity index (χ1) is 9.69. The van der Waals surface area contributed by atoms with E-state index in [0.717, 1.165) is 43.1 Å². The Labute approximate surface area is 121 Å². The quantitative estimate of drug-likeness (QED) is 0.871. The average molecular weight is 272 g/mol. The Morgan fingerprint density at radius 1 is 1.20 bits per heavy atom. The van der Waals surface area contributed by atoms with Crippen LogP contribution in [0.15, 0.2) is 30.3 Å². The number of nitrogens with two attached hydrogens (primary N) is 1. The van der Waals surface area contributed by atoms with Crippen molar-refractivity contribution in [3.8, 4) is 0 Å². The third-order valence-corrected chi connectivity index (χ3v) is 3.50. The molecule has 1 aromatic heterocycles. The van der Waals surface area contributed by atoms with Gasteiger partial charge in [0.05, 0.1) is 11.4 Å². The van der Waals surface area contributed by atoms with Crippen LogP contribution in [0.4, 0.5) is 17.2 Å². The second kappa shape index (κ2) is 6.46. The maximum atomic E-state index is 6.26. The zero-order chi connectivity index (χ0) is 14.5. The first kappa shape index (κ1) is 14.4. The van der Waals surface area contributed by atoms with E-state index in [0.29, 0.717) is 0 Å². The summed E-state index contributed by atoms with van der Waals surface area (Å²) in [6, 6.07) is 10.4. The second-order valence-electron chi connectivity index (χ2n) is 4.98. The molecule has 0 fully saturated rings. The number of hydrogen-bond donors (Lipinski definition) is 1. The molecule has 2 N–H and O–H groups in total. The Balaban J connectivity index is 2.46. The molecule has 0 saturated heterocycles. The van der Waals surface area contributed by atoms with Gasteiger partial charge in [-0.3, -0.25) is 0 Å². The fraction of sp³-hybridized carbons (Fsp3) is 0.438. The third kappa shape index (κ3) is 2.79. The average Bonchev–Trinajstić information content (AvgIpc) is 2.77. The number of aryl methyl sites for hydroxylation is 2. The van der Waals surface area contributed by atoms with Gasteiger partial charge in [-0.15, -0.1) is 0 Å². The van der Waals surface area contributed by atoms with E-state index in [-0.39, 0.29) is 0 Å². The number of benzene rings is 1. The van der Waals surface area contributed by atoms with Gasteiger partial charge >= 0.3 is 0 Å². The lowest BCUT2D eigenvalue weighted by Gasteiger charge is -2.25. The van der Waals surface area contributed by atoms with Crippen molar-refractivity contribution in [3.05, 3.63) is 36.0 Å². The Kier molecular flexibility index (Phi) is 4.66. The van der Waals surface area contributed by atoms with Gasteiger partial charge in [-0.05, 0) is 32.4 Å². The number of aromatic nitrogens is 2. The van der Waals surface area contributed by atoms with Crippen molar-refractivity contribution in [2.24, 2.45) is 0 Å². The van der Waals surface area contributed by atoms with Gasteiger partial charge < -0.3 is 10.6 Å². The standard InChI is InChI=1S/C16H24N4/c1-4-6-12-19(14-10-8-7-9-11-14)16-15(17)13(3)18-20(16)5-2/h7-11H,4-6,12,17H2,1-3H3. The molecule has 0 amide bonds. The van der Waals surface area contributed by atoms with Crippen LogP contribution in [0.2, 0.25) is 0 Å². The molecule has 4 heteroatoms. The van der Waals surface area contributed by atoms with Crippen molar-refractivity contribution in [3.63, 3.8) is 0 Å². The Morgan fingerprint density at radius 3 is 2.50 bits per heavy atom. The van der Waals surface area contributed by atoms with E-state index in [9.17, 15) is 0 Å². The van der Waals surface area contributed by atoms with Crippen molar-refractivity contribution in [1.29, 1.82) is 0 Å². The zero-order valence-corrected chi connectivity index (χ0v) is 12.6. The molecule has 1 aromatic carbocycles. The Hall–Kier alpha value is -1.97. The van der Waals surface area contributed by atoms with E-state index < -0.39 is 0 Å². The molecule has 0 aliphatic heterocycles. The highest BCUT2D eigenvalue weighted by atomic mass is 15.4. The van der Waals surface area contributed by atoms with Gasteiger partial charge in [-0.2, -0.15) is 5.10 Å². The summed E-state index contributed by atoms with van der Waals surface area (Å²) >= 11 is 0. The molecule has 0 bridgehead atoms. The van der Waals surface area contributed by atoms with Crippen LogP contribution in [0.1, 0.15) is 32.4 Å². The predicted octanol–water partition coefficient (Wildman–Crippen LogP) is 3.73. The SMILES string of the molecule is CCCCN(c1ccccc1)c1c(N)c(C)nn1CC. The Morgan fingerprint density at radius 2 is 1.90 bits per heavy atom. The molecule has 0 radical (unpaired) electrons. The fourth-order valence-corrected chi connectivity index (χ4v) is 2.37. The topological polar surface area (TPSA) is 47.1 Å². The first-order valence-corrected chi connectivity index (χ1v) is 7.34. The minimum Gasteiger partial charge on any atom is -0.394 e. The van der Waals surface area contributed by atoms with Crippen LogP contribution in [-0.2, 0) is 6.54 Å². The van der Waals surface area contributed by atoms with Crippen molar-refractivity contribution in [2.45, 2.75) is 40.2 Å². The highest BCUT2D eigenvalue weighted by molar-refractivity contribution is 5.73. The van der Waals surface area contributed by atoms with Crippen LogP contribution in [0, 0.1) is 6.92 Å². The molecule has 0 spiro atoms. The molecule has 108 valence electrons. The first-order valence-electron chi connectivity index (χ1n) is 7.34. The van der Waals surface area contributed by atoms with Crippen molar-refractivity contribution < 1.29 is 0 Å². The zero-order valence-electron chi connectivity index (χ0n) is 12.6. The van der Waals surface area contributed by atoms with Crippen molar-refractivity contribution in [2.75, 3.05) is 17.2 Å². The van der Waals surface area contributed by atoms with E-state index in [1.165, 1.54) is 5.69 Å². The van der Waals surface area contributed by atoms with E-state index in [2.05, 4.69) is 48.1 Å². The number of nitrogen functional groups attached to an aromatic ring is 1. The maximum absolute atomic E-state index is 6.26. The van der Waals surface area contributed by atoms with Crippen molar-refractivity contribution in [1.82, 2.24) is 9.78 Å². The van der Waals surface area contributed by atoms with Gasteiger partial charge in [0.15, 0.2) is 5.82 Å². The van der Waals surface area contributed by atoms with E-state index in [1.807, 2.05) is 17.7 Å². The number of unbranched alkanes of at least 4 members (excludes halogenated alkanes) is 1. The summed E-state index contributed by atoms with van der Waals surface area (Å²) in [6.07, 6.45) is 2.28. The number of anilines is 3. The minimum atomic E-state index is 0.784. The van der Waals surface area contributed by atoms with E-state index in [4.69, 9.17) is 5.73 Å².